The lowest BCUT2D eigenvalue weighted by Crippen LogP contribution is -2.40. The summed E-state index contributed by atoms with van der Waals surface area (Å²) < 4.78 is 0. The van der Waals surface area contributed by atoms with E-state index >= 15 is 0 Å². The number of carbonyl (C=O) groups is 1. The Bertz CT molecular complexity index is 717. The molecule has 4 nitrogen and oxygen atoms in total. The van der Waals surface area contributed by atoms with Crippen molar-refractivity contribution in [3.8, 4) is 0 Å². The zero-order valence-corrected chi connectivity index (χ0v) is 14.9. The first-order valence-electron chi connectivity index (χ1n) is 8.73. The molecule has 0 saturated carbocycles. The molecule has 0 atom stereocenters. The Morgan fingerprint density at radius 1 is 1.12 bits per heavy atom. The fraction of sp³-hybridized carbons (Fsp3) is 0.474. The first-order chi connectivity index (χ1) is 11.7. The molecule has 1 saturated heterocycles. The van der Waals surface area contributed by atoms with Gasteiger partial charge in [-0.3, -0.25) is 9.69 Å². The smallest absolute Gasteiger partial charge is 0.265 e. The lowest BCUT2D eigenvalue weighted by atomic mass is 10.1. The van der Waals surface area contributed by atoms with E-state index in [0.29, 0.717) is 6.04 Å². The molecule has 1 aromatic carbocycles. The van der Waals surface area contributed by atoms with Crippen LogP contribution in [0.3, 0.4) is 0 Å². The number of aryl methyl sites for hydroxylation is 1. The average molecular weight is 341 g/mol. The number of hydrogen-bond donors (Lipinski definition) is 0. The number of aromatic nitrogens is 1. The highest BCUT2D eigenvalue weighted by molar-refractivity contribution is 7.13. The van der Waals surface area contributed by atoms with E-state index in [4.69, 9.17) is 0 Å². The summed E-state index contributed by atoms with van der Waals surface area (Å²) in [4.78, 5) is 22.2. The minimum atomic E-state index is 0.150. The van der Waals surface area contributed by atoms with Crippen molar-refractivity contribution in [3.63, 3.8) is 0 Å². The third kappa shape index (κ3) is 3.10. The van der Waals surface area contributed by atoms with Crippen molar-refractivity contribution in [2.45, 2.75) is 32.2 Å². The second kappa shape index (κ2) is 6.65. The van der Waals surface area contributed by atoms with Gasteiger partial charge in [-0.05, 0) is 37.3 Å². The van der Waals surface area contributed by atoms with Crippen LogP contribution in [0.15, 0.2) is 30.5 Å². The monoisotopic (exact) mass is 341 g/mol. The number of thiazole rings is 1. The van der Waals surface area contributed by atoms with Crippen molar-refractivity contribution < 1.29 is 4.79 Å². The molecule has 1 aromatic heterocycles. The molecule has 2 aromatic rings. The maximum Gasteiger partial charge on any atom is 0.265 e. The van der Waals surface area contributed by atoms with E-state index in [0.717, 1.165) is 55.3 Å². The van der Waals surface area contributed by atoms with Gasteiger partial charge in [-0.2, -0.15) is 0 Å². The largest absolute Gasteiger partial charge is 0.337 e. The van der Waals surface area contributed by atoms with Gasteiger partial charge in [0.2, 0.25) is 0 Å². The van der Waals surface area contributed by atoms with Crippen molar-refractivity contribution in [1.82, 2.24) is 14.8 Å². The fourth-order valence-corrected chi connectivity index (χ4v) is 4.66. The number of carbonyl (C=O) groups excluding carboxylic acids is 1. The van der Waals surface area contributed by atoms with Crippen molar-refractivity contribution in [1.29, 1.82) is 0 Å². The first kappa shape index (κ1) is 15.8. The Morgan fingerprint density at radius 3 is 2.54 bits per heavy atom. The van der Waals surface area contributed by atoms with Crippen LogP contribution in [-0.4, -0.2) is 52.9 Å². The van der Waals surface area contributed by atoms with Gasteiger partial charge in [0, 0.05) is 32.2 Å². The zero-order valence-electron chi connectivity index (χ0n) is 14.1. The highest BCUT2D eigenvalue weighted by Crippen LogP contribution is 2.26. The molecule has 0 radical (unpaired) electrons. The third-order valence-corrected chi connectivity index (χ3v) is 6.10. The summed E-state index contributed by atoms with van der Waals surface area (Å²) in [5, 5.41) is 0.957. The summed E-state index contributed by atoms with van der Waals surface area (Å²) in [6.07, 6.45) is 5.07. The number of hydrogen-bond acceptors (Lipinski definition) is 4. The van der Waals surface area contributed by atoms with Crippen molar-refractivity contribution in [2.75, 3.05) is 26.2 Å². The molecule has 1 aliphatic carbocycles. The van der Waals surface area contributed by atoms with E-state index < -0.39 is 0 Å². The molecular weight excluding hydrogens is 318 g/mol. The minimum absolute atomic E-state index is 0.150. The molecule has 0 spiro atoms. The Labute approximate surface area is 147 Å². The maximum atomic E-state index is 12.7. The predicted octanol–water partition coefficient (Wildman–Crippen LogP) is 2.77. The molecule has 126 valence electrons. The minimum Gasteiger partial charge on any atom is -0.337 e. The number of amides is 1. The summed E-state index contributed by atoms with van der Waals surface area (Å²) >= 11 is 1.50. The first-order valence-corrected chi connectivity index (χ1v) is 9.55. The van der Waals surface area contributed by atoms with Crippen LogP contribution in [-0.2, 0) is 12.8 Å². The molecule has 4 rings (SSSR count). The third-order valence-electron chi connectivity index (χ3n) is 5.20. The molecule has 0 unspecified atom stereocenters. The molecule has 0 bridgehead atoms. The van der Waals surface area contributed by atoms with Gasteiger partial charge in [0.05, 0.1) is 11.2 Å². The van der Waals surface area contributed by atoms with Crippen molar-refractivity contribution in [3.05, 3.63) is 51.5 Å². The van der Waals surface area contributed by atoms with Gasteiger partial charge < -0.3 is 4.90 Å². The molecular formula is C19H23N3OS. The van der Waals surface area contributed by atoms with Gasteiger partial charge in [0.1, 0.15) is 4.88 Å². The fourth-order valence-electron chi connectivity index (χ4n) is 3.92. The van der Waals surface area contributed by atoms with E-state index in [2.05, 4.69) is 34.1 Å². The van der Waals surface area contributed by atoms with Gasteiger partial charge in [-0.1, -0.05) is 24.3 Å². The van der Waals surface area contributed by atoms with Crippen LogP contribution in [0.25, 0.3) is 0 Å². The Balaban J connectivity index is 1.39. The topological polar surface area (TPSA) is 36.4 Å². The van der Waals surface area contributed by atoms with Crippen LogP contribution >= 0.6 is 11.3 Å². The lowest BCUT2D eigenvalue weighted by molar-refractivity contribution is 0.0763. The summed E-state index contributed by atoms with van der Waals surface area (Å²) in [5.74, 6) is 0.150. The van der Waals surface area contributed by atoms with Crippen LogP contribution in [0.5, 0.6) is 0 Å². The Hall–Kier alpha value is -1.72. The molecule has 1 fully saturated rings. The molecule has 0 N–H and O–H groups in total. The number of benzene rings is 1. The van der Waals surface area contributed by atoms with Crippen molar-refractivity contribution in [2.24, 2.45) is 0 Å². The van der Waals surface area contributed by atoms with E-state index in [1.54, 1.807) is 6.20 Å². The molecule has 2 heterocycles. The second-order valence-electron chi connectivity index (χ2n) is 6.76. The predicted molar refractivity (Wildman–Crippen MR) is 96.6 cm³/mol. The van der Waals surface area contributed by atoms with E-state index in [-0.39, 0.29) is 5.91 Å². The van der Waals surface area contributed by atoms with Gasteiger partial charge in [-0.15, -0.1) is 11.3 Å². The van der Waals surface area contributed by atoms with E-state index in [9.17, 15) is 4.79 Å². The van der Waals surface area contributed by atoms with Gasteiger partial charge >= 0.3 is 0 Å². The highest BCUT2D eigenvalue weighted by atomic mass is 32.1. The number of nitrogens with zero attached hydrogens (tertiary/aromatic N) is 3. The van der Waals surface area contributed by atoms with Gasteiger partial charge in [0.25, 0.3) is 5.91 Å². The quantitative estimate of drug-likeness (QED) is 0.843. The molecule has 2 aliphatic rings. The summed E-state index contributed by atoms with van der Waals surface area (Å²) in [5.41, 5.74) is 3.00. The van der Waals surface area contributed by atoms with Crippen LogP contribution in [0, 0.1) is 6.92 Å². The second-order valence-corrected chi connectivity index (χ2v) is 7.99. The normalized spacial score (nSPS) is 19.3. The SMILES string of the molecule is Cc1ncc(C(=O)N2CCCN(C3Cc4ccccc4C3)CC2)s1. The highest BCUT2D eigenvalue weighted by Gasteiger charge is 2.29. The standard InChI is InChI=1S/C19H23N3OS/c1-14-20-13-18(24-14)19(23)22-8-4-7-21(9-10-22)17-11-15-5-2-3-6-16(15)12-17/h2-3,5-6,13,17H,4,7-12H2,1H3. The lowest BCUT2D eigenvalue weighted by Gasteiger charge is -2.27. The van der Waals surface area contributed by atoms with Gasteiger partial charge in [-0.25, -0.2) is 4.98 Å². The zero-order chi connectivity index (χ0) is 16.5. The number of fused-ring (bicyclic) bond motifs is 1. The van der Waals surface area contributed by atoms with Crippen molar-refractivity contribution >= 4 is 17.2 Å². The molecule has 1 aliphatic heterocycles. The van der Waals surface area contributed by atoms with E-state index in [1.807, 2.05) is 11.8 Å². The molecule has 24 heavy (non-hydrogen) atoms. The van der Waals surface area contributed by atoms with Crippen LogP contribution in [0.2, 0.25) is 0 Å². The average Bonchev–Trinajstić information content (AvgIpc) is 3.13. The molecule has 5 heteroatoms. The molecule has 1 amide bonds. The Morgan fingerprint density at radius 2 is 1.88 bits per heavy atom. The summed E-state index contributed by atoms with van der Waals surface area (Å²) in [6.45, 7) is 5.68. The van der Waals surface area contributed by atoms with Crippen LogP contribution < -0.4 is 0 Å². The summed E-state index contributed by atoms with van der Waals surface area (Å²) in [7, 11) is 0. The summed E-state index contributed by atoms with van der Waals surface area (Å²) in [6, 6.07) is 9.40. The maximum absolute atomic E-state index is 12.7. The number of rotatable bonds is 2. The van der Waals surface area contributed by atoms with Crippen LogP contribution in [0.4, 0.5) is 0 Å². The van der Waals surface area contributed by atoms with Gasteiger partial charge in [0.15, 0.2) is 0 Å². The van der Waals surface area contributed by atoms with Crippen LogP contribution in [0.1, 0.15) is 32.2 Å². The van der Waals surface area contributed by atoms with E-state index in [1.165, 1.54) is 22.5 Å². The Kier molecular flexibility index (Phi) is 4.37.